The Labute approximate surface area is 294 Å². The molecule has 238 valence electrons. The summed E-state index contributed by atoms with van der Waals surface area (Å²) in [6.07, 6.45) is 0. The van der Waals surface area contributed by atoms with Crippen LogP contribution < -0.4 is 4.90 Å². The van der Waals surface area contributed by atoms with Crippen LogP contribution in [0.3, 0.4) is 0 Å². The Hall–Kier alpha value is -6.18. The van der Waals surface area contributed by atoms with Gasteiger partial charge in [-0.1, -0.05) is 178 Å². The van der Waals surface area contributed by atoms with Gasteiger partial charge in [0.1, 0.15) is 0 Å². The Morgan fingerprint density at radius 2 is 0.820 bits per heavy atom. The van der Waals surface area contributed by atoms with Crippen molar-refractivity contribution in [2.45, 2.75) is 19.3 Å². The minimum absolute atomic E-state index is 0.165. The quantitative estimate of drug-likeness (QED) is 0.175. The monoisotopic (exact) mass is 639 g/mol. The van der Waals surface area contributed by atoms with Crippen LogP contribution in [0.5, 0.6) is 0 Å². The first-order chi connectivity index (χ1) is 24.6. The maximum Gasteiger partial charge on any atom is 0.0540 e. The Morgan fingerprint density at radius 1 is 0.340 bits per heavy atom. The molecule has 0 radical (unpaired) electrons. The van der Waals surface area contributed by atoms with Crippen molar-refractivity contribution >= 4 is 27.8 Å². The van der Waals surface area contributed by atoms with Crippen LogP contribution in [0.2, 0.25) is 0 Å². The van der Waals surface area contributed by atoms with E-state index in [2.05, 4.69) is 207 Å². The second-order valence-corrected chi connectivity index (χ2v) is 13.7. The summed E-state index contributed by atoms with van der Waals surface area (Å²) in [7, 11) is 0. The van der Waals surface area contributed by atoms with E-state index in [1.54, 1.807) is 0 Å². The minimum Gasteiger partial charge on any atom is -0.310 e. The van der Waals surface area contributed by atoms with Gasteiger partial charge in [-0.3, -0.25) is 0 Å². The first-order valence-corrected chi connectivity index (χ1v) is 17.5. The van der Waals surface area contributed by atoms with Crippen LogP contribution in [0.1, 0.15) is 25.0 Å². The van der Waals surface area contributed by atoms with Gasteiger partial charge < -0.3 is 4.90 Å². The Morgan fingerprint density at radius 3 is 1.48 bits per heavy atom. The molecule has 0 amide bonds. The van der Waals surface area contributed by atoms with E-state index < -0.39 is 0 Å². The summed E-state index contributed by atoms with van der Waals surface area (Å²) in [5, 5.41) is 2.52. The van der Waals surface area contributed by atoms with E-state index in [4.69, 9.17) is 0 Å². The van der Waals surface area contributed by atoms with Crippen LogP contribution in [0.4, 0.5) is 17.1 Å². The Balaban J connectivity index is 1.23. The van der Waals surface area contributed by atoms with Crippen LogP contribution in [-0.2, 0) is 5.41 Å². The van der Waals surface area contributed by atoms with Gasteiger partial charge >= 0.3 is 0 Å². The lowest BCUT2D eigenvalue weighted by Gasteiger charge is -2.33. The lowest BCUT2D eigenvalue weighted by molar-refractivity contribution is 0.661. The molecule has 0 aliphatic heterocycles. The summed E-state index contributed by atoms with van der Waals surface area (Å²) in [4.78, 5) is 2.48. The molecule has 1 heteroatoms. The summed E-state index contributed by atoms with van der Waals surface area (Å²) < 4.78 is 0. The molecule has 0 saturated carbocycles. The first-order valence-electron chi connectivity index (χ1n) is 17.5. The number of hydrogen-bond donors (Lipinski definition) is 0. The van der Waals surface area contributed by atoms with Crippen molar-refractivity contribution in [3.8, 4) is 44.5 Å². The number of hydrogen-bond acceptors (Lipinski definition) is 1. The van der Waals surface area contributed by atoms with Crippen LogP contribution in [0.15, 0.2) is 188 Å². The average molecular weight is 640 g/mol. The molecule has 9 rings (SSSR count). The lowest BCUT2D eigenvalue weighted by atomic mass is 9.81. The number of nitrogens with zero attached hydrogens (tertiary/aromatic N) is 1. The number of fused-ring (bicyclic) bond motifs is 4. The molecule has 0 unspecified atom stereocenters. The fourth-order valence-corrected chi connectivity index (χ4v) is 8.15. The van der Waals surface area contributed by atoms with Crippen LogP contribution in [0.25, 0.3) is 55.3 Å². The van der Waals surface area contributed by atoms with Gasteiger partial charge in [0.2, 0.25) is 0 Å². The average Bonchev–Trinajstić information content (AvgIpc) is 3.42. The summed E-state index contributed by atoms with van der Waals surface area (Å²) in [6.45, 7) is 4.74. The summed E-state index contributed by atoms with van der Waals surface area (Å²) in [6, 6.07) is 68.5. The molecular weight excluding hydrogens is 603 g/mol. The van der Waals surface area contributed by atoms with E-state index in [1.807, 2.05) is 0 Å². The lowest BCUT2D eigenvalue weighted by Crippen LogP contribution is -2.21. The van der Waals surface area contributed by atoms with Crippen molar-refractivity contribution in [3.05, 3.63) is 199 Å². The Bertz CT molecular complexity index is 2490. The molecule has 1 nitrogen and oxygen atoms in total. The van der Waals surface area contributed by atoms with Gasteiger partial charge in [0.05, 0.1) is 11.4 Å². The van der Waals surface area contributed by atoms with Crippen molar-refractivity contribution in [3.63, 3.8) is 0 Å². The molecule has 1 aliphatic carbocycles. The first kappa shape index (κ1) is 29.9. The fraction of sp³-hybridized carbons (Fsp3) is 0.0612. The van der Waals surface area contributed by atoms with E-state index in [-0.39, 0.29) is 5.41 Å². The molecule has 0 aromatic heterocycles. The number of para-hydroxylation sites is 1. The van der Waals surface area contributed by atoms with Crippen molar-refractivity contribution in [1.29, 1.82) is 0 Å². The van der Waals surface area contributed by atoms with Crippen LogP contribution in [0, 0.1) is 0 Å². The maximum absolute atomic E-state index is 2.48. The van der Waals surface area contributed by atoms with E-state index >= 15 is 0 Å². The van der Waals surface area contributed by atoms with Crippen molar-refractivity contribution < 1.29 is 0 Å². The van der Waals surface area contributed by atoms with Gasteiger partial charge in [-0.25, -0.2) is 0 Å². The molecule has 0 fully saturated rings. The minimum atomic E-state index is -0.165. The molecule has 0 heterocycles. The molecule has 0 saturated heterocycles. The van der Waals surface area contributed by atoms with E-state index in [0.717, 1.165) is 11.4 Å². The fourth-order valence-electron chi connectivity index (χ4n) is 8.15. The van der Waals surface area contributed by atoms with E-state index in [9.17, 15) is 0 Å². The van der Waals surface area contributed by atoms with Gasteiger partial charge in [0.25, 0.3) is 0 Å². The van der Waals surface area contributed by atoms with Gasteiger partial charge in [-0.2, -0.15) is 0 Å². The third kappa shape index (κ3) is 4.85. The highest BCUT2D eigenvalue weighted by atomic mass is 15.1. The zero-order valence-electron chi connectivity index (χ0n) is 28.3. The predicted octanol–water partition coefficient (Wildman–Crippen LogP) is 13.6. The summed E-state index contributed by atoms with van der Waals surface area (Å²) in [5.74, 6) is 0. The molecule has 50 heavy (non-hydrogen) atoms. The van der Waals surface area contributed by atoms with Gasteiger partial charge in [-0.05, 0) is 85.1 Å². The largest absolute Gasteiger partial charge is 0.310 e. The smallest absolute Gasteiger partial charge is 0.0540 e. The maximum atomic E-state index is 2.48. The number of rotatable bonds is 6. The molecule has 0 bridgehead atoms. The van der Waals surface area contributed by atoms with Crippen molar-refractivity contribution in [2.24, 2.45) is 0 Å². The third-order valence-electron chi connectivity index (χ3n) is 10.5. The molecule has 0 atom stereocenters. The molecule has 8 aromatic carbocycles. The van der Waals surface area contributed by atoms with Crippen molar-refractivity contribution in [2.75, 3.05) is 4.90 Å². The highest BCUT2D eigenvalue weighted by molar-refractivity contribution is 6.05. The molecule has 0 spiro atoms. The summed E-state index contributed by atoms with van der Waals surface area (Å²) >= 11 is 0. The van der Waals surface area contributed by atoms with Gasteiger partial charge in [0, 0.05) is 16.7 Å². The highest BCUT2D eigenvalue weighted by Crippen LogP contribution is 2.55. The molecule has 1 aliphatic rings. The summed E-state index contributed by atoms with van der Waals surface area (Å²) in [5.41, 5.74) is 16.0. The third-order valence-corrected chi connectivity index (χ3v) is 10.5. The van der Waals surface area contributed by atoms with Crippen LogP contribution >= 0.6 is 0 Å². The van der Waals surface area contributed by atoms with E-state index in [1.165, 1.54) is 72.1 Å². The zero-order valence-corrected chi connectivity index (χ0v) is 28.3. The molecular formula is C49H37N. The zero-order chi connectivity index (χ0) is 33.7. The van der Waals surface area contributed by atoms with Crippen molar-refractivity contribution in [1.82, 2.24) is 0 Å². The van der Waals surface area contributed by atoms with Gasteiger partial charge in [0.15, 0.2) is 0 Å². The number of benzene rings is 8. The Kier molecular flexibility index (Phi) is 7.21. The SMILES string of the molecule is CC1(C)c2ccccc2-c2cccc(N(c3ccc(-c4ccc(-c5ccccc5)c5ccccc45)cc3)c3ccccc3-c3ccccc3)c21. The topological polar surface area (TPSA) is 3.24 Å². The second-order valence-electron chi connectivity index (χ2n) is 13.7. The normalized spacial score (nSPS) is 12.8. The standard InChI is InChI=1S/C49H37N/c1-49(2)45-25-13-11-23-43(45)44-24-15-27-47(48(44)49)50(46-26-14-12-20-40(46)35-18-7-4-8-19-35)37-30-28-36(29-31-37)39-33-32-38(34-16-5-3-6-17-34)41-21-9-10-22-42(39)41/h3-33H,1-2H3. The molecule has 8 aromatic rings. The van der Waals surface area contributed by atoms with Crippen LogP contribution in [-0.4, -0.2) is 0 Å². The molecule has 0 N–H and O–H groups in total. The predicted molar refractivity (Wildman–Crippen MR) is 213 cm³/mol. The highest BCUT2D eigenvalue weighted by Gasteiger charge is 2.39. The van der Waals surface area contributed by atoms with E-state index in [0.29, 0.717) is 0 Å². The second kappa shape index (κ2) is 12.1. The van der Waals surface area contributed by atoms with Gasteiger partial charge in [-0.15, -0.1) is 0 Å². The number of anilines is 3.